The number of aliphatic hydroxyl groups excluding tert-OH is 1. The highest BCUT2D eigenvalue weighted by Gasteiger charge is 2.21. The van der Waals surface area contributed by atoms with Gasteiger partial charge >= 0.3 is 0 Å². The molecule has 3 atom stereocenters. The summed E-state index contributed by atoms with van der Waals surface area (Å²) in [7, 11) is 1.45. The lowest BCUT2D eigenvalue weighted by atomic mass is 9.89. The molecule has 0 saturated carbocycles. The van der Waals surface area contributed by atoms with Crippen LogP contribution in [0.2, 0.25) is 0 Å². The Balaban J connectivity index is 1.47. The molecule has 0 saturated heterocycles. The van der Waals surface area contributed by atoms with Crippen LogP contribution in [-0.4, -0.2) is 31.5 Å². The normalized spacial score (nSPS) is 18.6. The van der Waals surface area contributed by atoms with Crippen LogP contribution in [0, 0.1) is 5.82 Å². The van der Waals surface area contributed by atoms with Gasteiger partial charge in [0.2, 0.25) is 0 Å². The van der Waals surface area contributed by atoms with E-state index in [0.29, 0.717) is 6.54 Å². The van der Waals surface area contributed by atoms with Crippen molar-refractivity contribution in [3.63, 3.8) is 0 Å². The van der Waals surface area contributed by atoms with Crippen molar-refractivity contribution in [2.75, 3.05) is 20.3 Å². The van der Waals surface area contributed by atoms with Gasteiger partial charge in [0, 0.05) is 12.6 Å². The van der Waals surface area contributed by atoms with Crippen molar-refractivity contribution in [2.45, 2.75) is 44.4 Å². The van der Waals surface area contributed by atoms with Gasteiger partial charge in [-0.05, 0) is 55.0 Å². The zero-order valence-electron chi connectivity index (χ0n) is 16.0. The first-order chi connectivity index (χ1) is 13.1. The third kappa shape index (κ3) is 5.06. The molecule has 0 unspecified atom stereocenters. The van der Waals surface area contributed by atoms with Crippen molar-refractivity contribution in [2.24, 2.45) is 0 Å². The molecule has 0 radical (unpaired) electrons. The summed E-state index contributed by atoms with van der Waals surface area (Å²) in [6.07, 6.45) is 2.62. The van der Waals surface area contributed by atoms with Crippen LogP contribution in [0.15, 0.2) is 42.5 Å². The van der Waals surface area contributed by atoms with E-state index < -0.39 is 6.10 Å². The van der Waals surface area contributed by atoms with Gasteiger partial charge in [0.1, 0.15) is 0 Å². The van der Waals surface area contributed by atoms with Crippen LogP contribution in [0.1, 0.15) is 48.6 Å². The van der Waals surface area contributed by atoms with E-state index in [1.807, 2.05) is 19.1 Å². The molecule has 0 bridgehead atoms. The van der Waals surface area contributed by atoms with E-state index in [1.54, 1.807) is 6.07 Å². The Morgan fingerprint density at radius 3 is 2.85 bits per heavy atom. The molecule has 2 aromatic carbocycles. The molecule has 27 heavy (non-hydrogen) atoms. The lowest BCUT2D eigenvalue weighted by Gasteiger charge is -2.27. The summed E-state index contributed by atoms with van der Waals surface area (Å²) in [5, 5.41) is 13.5. The highest BCUT2D eigenvalue weighted by molar-refractivity contribution is 5.31. The number of hydrogen-bond acceptors (Lipinski definition) is 4. The molecule has 2 aromatic rings. The molecule has 146 valence electrons. The molecular formula is C22H28FNO3. The summed E-state index contributed by atoms with van der Waals surface area (Å²) >= 11 is 0. The van der Waals surface area contributed by atoms with Crippen molar-refractivity contribution in [3.05, 3.63) is 65.0 Å². The van der Waals surface area contributed by atoms with Crippen molar-refractivity contribution in [1.82, 2.24) is 5.32 Å². The number of hydrogen-bond donors (Lipinski definition) is 2. The molecule has 1 aliphatic rings. The van der Waals surface area contributed by atoms with Crippen molar-refractivity contribution >= 4 is 0 Å². The number of aryl methyl sites for hydroxylation is 1. The lowest BCUT2D eigenvalue weighted by Crippen LogP contribution is -2.33. The molecule has 0 heterocycles. The molecule has 2 N–H and O–H groups in total. The van der Waals surface area contributed by atoms with Gasteiger partial charge < -0.3 is 19.9 Å². The fraction of sp³-hybridized carbons (Fsp3) is 0.455. The van der Waals surface area contributed by atoms with Gasteiger partial charge in [-0.3, -0.25) is 0 Å². The van der Waals surface area contributed by atoms with Gasteiger partial charge in [0.05, 0.1) is 25.9 Å². The minimum atomic E-state index is -0.621. The van der Waals surface area contributed by atoms with Gasteiger partial charge in [-0.2, -0.15) is 0 Å². The van der Waals surface area contributed by atoms with Crippen LogP contribution in [0.4, 0.5) is 4.39 Å². The average Bonchev–Trinajstić information content (AvgIpc) is 2.70. The first-order valence-corrected chi connectivity index (χ1v) is 9.52. The number of halogens is 1. The van der Waals surface area contributed by atoms with Crippen LogP contribution in [0.3, 0.4) is 0 Å². The summed E-state index contributed by atoms with van der Waals surface area (Å²) in [5.41, 5.74) is 3.39. The Bertz CT molecular complexity index is 752. The van der Waals surface area contributed by atoms with E-state index in [4.69, 9.17) is 9.47 Å². The number of nitrogens with one attached hydrogen (secondary N) is 1. The van der Waals surface area contributed by atoms with E-state index in [2.05, 4.69) is 23.5 Å². The minimum Gasteiger partial charge on any atom is -0.494 e. The molecule has 1 aliphatic carbocycles. The SMILES string of the molecule is COc1ccc([C@H](C)NC[C@@H](O)CO[C@H]2CCCc3ccccc32)cc1F. The monoisotopic (exact) mass is 373 g/mol. The molecule has 0 fully saturated rings. The summed E-state index contributed by atoms with van der Waals surface area (Å²) in [5.74, 6) is -0.157. The second-order valence-electron chi connectivity index (χ2n) is 7.09. The van der Waals surface area contributed by atoms with Crippen LogP contribution >= 0.6 is 0 Å². The Labute approximate surface area is 160 Å². The van der Waals surface area contributed by atoms with E-state index in [9.17, 15) is 9.50 Å². The van der Waals surface area contributed by atoms with Crippen LogP contribution in [-0.2, 0) is 11.2 Å². The highest BCUT2D eigenvalue weighted by Crippen LogP contribution is 2.32. The second-order valence-corrected chi connectivity index (χ2v) is 7.09. The number of benzene rings is 2. The first-order valence-electron chi connectivity index (χ1n) is 9.52. The largest absolute Gasteiger partial charge is 0.494 e. The predicted octanol–water partition coefficient (Wildman–Crippen LogP) is 3.94. The molecule has 4 nitrogen and oxygen atoms in total. The number of methoxy groups -OCH3 is 1. The maximum atomic E-state index is 13.8. The molecular weight excluding hydrogens is 345 g/mol. The Morgan fingerprint density at radius 1 is 1.26 bits per heavy atom. The van der Waals surface area contributed by atoms with Gasteiger partial charge in [0.25, 0.3) is 0 Å². The van der Waals surface area contributed by atoms with Gasteiger partial charge in [-0.15, -0.1) is 0 Å². The van der Waals surface area contributed by atoms with E-state index in [-0.39, 0.29) is 30.3 Å². The number of rotatable bonds is 8. The summed E-state index contributed by atoms with van der Waals surface area (Å²) in [6.45, 7) is 2.59. The van der Waals surface area contributed by atoms with Gasteiger partial charge in [-0.1, -0.05) is 30.3 Å². The van der Waals surface area contributed by atoms with E-state index >= 15 is 0 Å². The zero-order chi connectivity index (χ0) is 19.2. The van der Waals surface area contributed by atoms with Crippen molar-refractivity contribution < 1.29 is 19.0 Å². The van der Waals surface area contributed by atoms with Gasteiger partial charge in [-0.25, -0.2) is 4.39 Å². The van der Waals surface area contributed by atoms with Crippen LogP contribution < -0.4 is 10.1 Å². The van der Waals surface area contributed by atoms with Gasteiger partial charge in [0.15, 0.2) is 11.6 Å². The number of aliphatic hydroxyl groups is 1. The fourth-order valence-electron chi connectivity index (χ4n) is 3.55. The Kier molecular flexibility index (Phi) is 6.83. The average molecular weight is 373 g/mol. The quantitative estimate of drug-likeness (QED) is 0.736. The maximum Gasteiger partial charge on any atom is 0.165 e. The fourth-order valence-corrected chi connectivity index (χ4v) is 3.55. The standard InChI is InChI=1S/C22H28FNO3/c1-15(17-10-11-22(26-2)20(23)12-17)24-13-18(25)14-27-21-9-5-7-16-6-3-4-8-19(16)21/h3-4,6,8,10-12,15,18,21,24-25H,5,7,9,13-14H2,1-2H3/t15-,18+,21-/m0/s1. The molecule has 5 heteroatoms. The lowest BCUT2D eigenvalue weighted by molar-refractivity contribution is -0.0173. The topological polar surface area (TPSA) is 50.7 Å². The smallest absolute Gasteiger partial charge is 0.165 e. The third-order valence-corrected chi connectivity index (χ3v) is 5.14. The summed E-state index contributed by atoms with van der Waals surface area (Å²) in [6, 6.07) is 13.2. The Morgan fingerprint density at radius 2 is 2.07 bits per heavy atom. The van der Waals surface area contributed by atoms with Crippen LogP contribution in [0.5, 0.6) is 5.75 Å². The minimum absolute atomic E-state index is 0.0534. The molecule has 0 spiro atoms. The van der Waals surface area contributed by atoms with E-state index in [0.717, 1.165) is 24.8 Å². The van der Waals surface area contributed by atoms with Crippen molar-refractivity contribution in [1.29, 1.82) is 0 Å². The molecule has 0 amide bonds. The summed E-state index contributed by atoms with van der Waals surface area (Å²) in [4.78, 5) is 0. The maximum absolute atomic E-state index is 13.8. The second kappa shape index (κ2) is 9.31. The molecule has 0 aliphatic heterocycles. The molecule has 0 aromatic heterocycles. The van der Waals surface area contributed by atoms with Crippen LogP contribution in [0.25, 0.3) is 0 Å². The molecule has 3 rings (SSSR count). The van der Waals surface area contributed by atoms with Crippen molar-refractivity contribution in [3.8, 4) is 5.75 Å². The number of ether oxygens (including phenoxy) is 2. The zero-order valence-corrected chi connectivity index (χ0v) is 16.0. The first kappa shape index (κ1) is 19.8. The van der Waals surface area contributed by atoms with E-state index in [1.165, 1.54) is 24.3 Å². The highest BCUT2D eigenvalue weighted by atomic mass is 19.1. The summed E-state index contributed by atoms with van der Waals surface area (Å²) < 4.78 is 24.8. The predicted molar refractivity (Wildman–Crippen MR) is 103 cm³/mol. The Hall–Kier alpha value is -1.95. The third-order valence-electron chi connectivity index (χ3n) is 5.14. The number of fused-ring (bicyclic) bond motifs is 1.